The molecule has 1 saturated carbocycles. The summed E-state index contributed by atoms with van der Waals surface area (Å²) in [6, 6.07) is 0. The van der Waals surface area contributed by atoms with Crippen LogP contribution in [-0.2, 0) is 4.74 Å². The van der Waals surface area contributed by atoms with Crippen LogP contribution in [0.4, 0.5) is 4.39 Å². The molecular formula is C14H24FNO. The minimum Gasteiger partial charge on any atom is -0.375 e. The van der Waals surface area contributed by atoms with Gasteiger partial charge in [-0.2, -0.15) is 0 Å². The van der Waals surface area contributed by atoms with Gasteiger partial charge in [0.1, 0.15) is 5.67 Å². The fraction of sp³-hybridized carbons (Fsp3) is 1.00. The lowest BCUT2D eigenvalue weighted by Gasteiger charge is -2.45. The Labute approximate surface area is 103 Å². The van der Waals surface area contributed by atoms with Crippen molar-refractivity contribution < 1.29 is 9.13 Å². The Bertz CT molecular complexity index is 269. The van der Waals surface area contributed by atoms with Crippen molar-refractivity contribution in [2.75, 3.05) is 19.7 Å². The van der Waals surface area contributed by atoms with E-state index in [9.17, 15) is 4.39 Å². The summed E-state index contributed by atoms with van der Waals surface area (Å²) in [7, 11) is 0. The van der Waals surface area contributed by atoms with Crippen molar-refractivity contribution in [3.63, 3.8) is 0 Å². The van der Waals surface area contributed by atoms with Crippen LogP contribution in [0, 0.1) is 5.92 Å². The van der Waals surface area contributed by atoms with E-state index in [0.29, 0.717) is 12.8 Å². The van der Waals surface area contributed by atoms with Crippen molar-refractivity contribution in [1.82, 2.24) is 5.32 Å². The Morgan fingerprint density at radius 2 is 1.76 bits per heavy atom. The predicted molar refractivity (Wildman–Crippen MR) is 65.8 cm³/mol. The van der Waals surface area contributed by atoms with E-state index < -0.39 is 5.67 Å². The van der Waals surface area contributed by atoms with Gasteiger partial charge in [0.2, 0.25) is 0 Å². The standard InChI is InChI=1S/C14H24FNO/c15-14(6-8-16-9-7-14)12-3-10-17-13(11-12)4-1-2-5-13/h12,16H,1-11H2. The van der Waals surface area contributed by atoms with Crippen molar-refractivity contribution in [3.8, 4) is 0 Å². The van der Waals surface area contributed by atoms with Crippen LogP contribution in [-0.4, -0.2) is 31.0 Å². The molecule has 1 atom stereocenters. The van der Waals surface area contributed by atoms with Gasteiger partial charge in [-0.3, -0.25) is 0 Å². The number of ether oxygens (including phenoxy) is 1. The van der Waals surface area contributed by atoms with Crippen molar-refractivity contribution in [2.24, 2.45) is 5.92 Å². The van der Waals surface area contributed by atoms with Gasteiger partial charge in [-0.15, -0.1) is 0 Å². The molecule has 2 aliphatic heterocycles. The Morgan fingerprint density at radius 1 is 1.06 bits per heavy atom. The molecule has 0 aromatic rings. The van der Waals surface area contributed by atoms with E-state index in [1.54, 1.807) is 0 Å². The quantitative estimate of drug-likeness (QED) is 0.762. The van der Waals surface area contributed by atoms with Gasteiger partial charge in [0.25, 0.3) is 0 Å². The van der Waals surface area contributed by atoms with Gasteiger partial charge < -0.3 is 10.1 Å². The highest BCUT2D eigenvalue weighted by atomic mass is 19.1. The van der Waals surface area contributed by atoms with Gasteiger partial charge >= 0.3 is 0 Å². The molecule has 2 heterocycles. The third-order valence-electron chi connectivity index (χ3n) is 5.17. The molecule has 1 unspecified atom stereocenters. The van der Waals surface area contributed by atoms with Crippen molar-refractivity contribution in [1.29, 1.82) is 0 Å². The molecule has 0 aromatic carbocycles. The minimum atomic E-state index is -0.912. The summed E-state index contributed by atoms with van der Waals surface area (Å²) in [6.07, 6.45) is 8.18. The van der Waals surface area contributed by atoms with Crippen LogP contribution >= 0.6 is 0 Å². The lowest BCUT2D eigenvalue weighted by Crippen LogP contribution is -2.49. The van der Waals surface area contributed by atoms with Gasteiger partial charge in [-0.1, -0.05) is 12.8 Å². The van der Waals surface area contributed by atoms with Crippen molar-refractivity contribution in [3.05, 3.63) is 0 Å². The Kier molecular flexibility index (Phi) is 3.16. The van der Waals surface area contributed by atoms with Crippen molar-refractivity contribution >= 4 is 0 Å². The molecule has 0 amide bonds. The van der Waals surface area contributed by atoms with Crippen LogP contribution < -0.4 is 5.32 Å². The number of hydrogen-bond donors (Lipinski definition) is 1. The first-order chi connectivity index (χ1) is 8.23. The first-order valence-electron chi connectivity index (χ1n) is 7.26. The Hall–Kier alpha value is -0.150. The lowest BCUT2D eigenvalue weighted by molar-refractivity contribution is -0.126. The van der Waals surface area contributed by atoms with Crippen LogP contribution in [0.15, 0.2) is 0 Å². The van der Waals surface area contributed by atoms with Gasteiger partial charge in [0.05, 0.1) is 5.60 Å². The second kappa shape index (κ2) is 4.51. The second-order valence-electron chi connectivity index (χ2n) is 6.21. The van der Waals surface area contributed by atoms with E-state index in [4.69, 9.17) is 4.74 Å². The van der Waals surface area contributed by atoms with Gasteiger partial charge in [0, 0.05) is 6.61 Å². The van der Waals surface area contributed by atoms with E-state index in [1.807, 2.05) is 0 Å². The average molecular weight is 241 g/mol. The minimum absolute atomic E-state index is 0.0624. The van der Waals surface area contributed by atoms with E-state index >= 15 is 0 Å². The summed E-state index contributed by atoms with van der Waals surface area (Å²) >= 11 is 0. The molecule has 2 nitrogen and oxygen atoms in total. The zero-order chi connectivity index (χ0) is 11.8. The first kappa shape index (κ1) is 11.9. The molecule has 0 radical (unpaired) electrons. The third kappa shape index (κ3) is 2.24. The molecule has 3 heteroatoms. The Morgan fingerprint density at radius 3 is 2.47 bits per heavy atom. The predicted octanol–water partition coefficient (Wildman–Crippen LogP) is 2.82. The molecule has 0 bridgehead atoms. The summed E-state index contributed by atoms with van der Waals surface area (Å²) in [6.45, 7) is 2.48. The molecule has 1 aliphatic carbocycles. The smallest absolute Gasteiger partial charge is 0.116 e. The van der Waals surface area contributed by atoms with Crippen LogP contribution in [0.25, 0.3) is 0 Å². The molecule has 0 aromatic heterocycles. The second-order valence-corrected chi connectivity index (χ2v) is 6.21. The molecule has 17 heavy (non-hydrogen) atoms. The zero-order valence-electron chi connectivity index (χ0n) is 10.6. The summed E-state index contributed by atoms with van der Waals surface area (Å²) in [5, 5.41) is 3.27. The SMILES string of the molecule is FC1(C2CCOC3(CCCC3)C2)CCNCC1. The van der Waals surface area contributed by atoms with Crippen LogP contribution in [0.5, 0.6) is 0 Å². The fourth-order valence-corrected chi connectivity index (χ4v) is 4.09. The highest BCUT2D eigenvalue weighted by molar-refractivity contribution is 4.99. The molecule has 98 valence electrons. The molecule has 2 saturated heterocycles. The van der Waals surface area contributed by atoms with E-state index in [-0.39, 0.29) is 11.5 Å². The van der Waals surface area contributed by atoms with Gasteiger partial charge in [0.15, 0.2) is 0 Å². The maximum absolute atomic E-state index is 15.0. The topological polar surface area (TPSA) is 21.3 Å². The molecule has 3 fully saturated rings. The normalized spacial score (nSPS) is 36.2. The maximum Gasteiger partial charge on any atom is 0.116 e. The fourth-order valence-electron chi connectivity index (χ4n) is 4.09. The number of nitrogens with one attached hydrogen (secondary N) is 1. The molecular weight excluding hydrogens is 217 g/mol. The number of rotatable bonds is 1. The first-order valence-corrected chi connectivity index (χ1v) is 7.26. The van der Waals surface area contributed by atoms with Crippen molar-refractivity contribution in [2.45, 2.75) is 62.6 Å². The summed E-state index contributed by atoms with van der Waals surface area (Å²) < 4.78 is 21.0. The number of alkyl halides is 1. The molecule has 3 aliphatic rings. The highest BCUT2D eigenvalue weighted by Gasteiger charge is 2.48. The van der Waals surface area contributed by atoms with E-state index in [2.05, 4.69) is 5.32 Å². The van der Waals surface area contributed by atoms with E-state index in [1.165, 1.54) is 12.8 Å². The number of hydrogen-bond acceptors (Lipinski definition) is 2. The third-order valence-corrected chi connectivity index (χ3v) is 5.17. The average Bonchev–Trinajstić information content (AvgIpc) is 2.78. The van der Waals surface area contributed by atoms with E-state index in [0.717, 1.165) is 45.4 Å². The van der Waals surface area contributed by atoms with Crippen LogP contribution in [0.1, 0.15) is 51.4 Å². The molecule has 1 spiro atoms. The largest absolute Gasteiger partial charge is 0.375 e. The summed E-state index contributed by atoms with van der Waals surface area (Å²) in [5.41, 5.74) is -0.850. The van der Waals surface area contributed by atoms with Crippen LogP contribution in [0.2, 0.25) is 0 Å². The van der Waals surface area contributed by atoms with Gasteiger partial charge in [-0.05, 0) is 57.5 Å². The lowest BCUT2D eigenvalue weighted by atomic mass is 9.72. The maximum atomic E-state index is 15.0. The summed E-state index contributed by atoms with van der Waals surface area (Å²) in [4.78, 5) is 0. The van der Waals surface area contributed by atoms with Gasteiger partial charge in [-0.25, -0.2) is 4.39 Å². The van der Waals surface area contributed by atoms with Crippen LogP contribution in [0.3, 0.4) is 0 Å². The zero-order valence-corrected chi connectivity index (χ0v) is 10.6. The highest BCUT2D eigenvalue weighted by Crippen LogP contribution is 2.47. The monoisotopic (exact) mass is 241 g/mol. The Balaban J connectivity index is 1.70. The molecule has 1 N–H and O–H groups in total. The molecule has 3 rings (SSSR count). The summed E-state index contributed by atoms with van der Waals surface area (Å²) in [5.74, 6) is 0.247. The number of piperidine rings is 1. The number of halogens is 1.